The quantitative estimate of drug-likeness (QED) is 0.632. The molecule has 1 aromatic heterocycles. The molecule has 0 amide bonds. The highest BCUT2D eigenvalue weighted by molar-refractivity contribution is 7.09. The first kappa shape index (κ1) is 19.2. The van der Waals surface area contributed by atoms with Crippen LogP contribution in [-0.4, -0.2) is 60.0 Å². The number of aryl methyl sites for hydroxylation is 1. The van der Waals surface area contributed by atoms with E-state index in [1.165, 1.54) is 25.9 Å². The molecule has 1 unspecified atom stereocenters. The summed E-state index contributed by atoms with van der Waals surface area (Å²) in [5, 5.41) is 6.66. The standard InChI is InChI=1S/C18H33N5S/c1-6-19-18(22(5)12-17-13-24-16(4)21-17)20-11-15(3)23-9-7-14(2)8-10-23/h13-15H,6-12H2,1-5H3,(H,19,20). The minimum Gasteiger partial charge on any atom is -0.357 e. The van der Waals surface area contributed by atoms with Crippen LogP contribution in [0.2, 0.25) is 0 Å². The number of hydrogen-bond acceptors (Lipinski definition) is 4. The number of thiazole rings is 1. The summed E-state index contributed by atoms with van der Waals surface area (Å²) >= 11 is 1.70. The third-order valence-electron chi connectivity index (χ3n) is 4.71. The van der Waals surface area contributed by atoms with Crippen molar-refractivity contribution in [3.8, 4) is 0 Å². The molecule has 136 valence electrons. The van der Waals surface area contributed by atoms with E-state index in [4.69, 9.17) is 4.99 Å². The Bertz CT molecular complexity index is 519. The molecule has 1 aliphatic heterocycles. The van der Waals surface area contributed by atoms with E-state index in [0.29, 0.717) is 6.04 Å². The smallest absolute Gasteiger partial charge is 0.194 e. The average Bonchev–Trinajstić information content (AvgIpc) is 2.96. The van der Waals surface area contributed by atoms with Crippen molar-refractivity contribution in [2.75, 3.05) is 33.2 Å². The fourth-order valence-electron chi connectivity index (χ4n) is 3.07. The predicted molar refractivity (Wildman–Crippen MR) is 104 cm³/mol. The highest BCUT2D eigenvalue weighted by Gasteiger charge is 2.20. The number of rotatable bonds is 6. The van der Waals surface area contributed by atoms with Crippen LogP contribution in [0.1, 0.15) is 44.3 Å². The zero-order valence-corrected chi connectivity index (χ0v) is 16.7. The largest absolute Gasteiger partial charge is 0.357 e. The van der Waals surface area contributed by atoms with Crippen molar-refractivity contribution in [1.29, 1.82) is 0 Å². The van der Waals surface area contributed by atoms with Crippen LogP contribution >= 0.6 is 11.3 Å². The van der Waals surface area contributed by atoms with Gasteiger partial charge in [0.1, 0.15) is 0 Å². The predicted octanol–water partition coefficient (Wildman–Crippen LogP) is 2.97. The molecular weight excluding hydrogens is 318 g/mol. The van der Waals surface area contributed by atoms with Gasteiger partial charge in [-0.1, -0.05) is 6.92 Å². The average molecular weight is 352 g/mol. The molecule has 0 saturated carbocycles. The summed E-state index contributed by atoms with van der Waals surface area (Å²) in [5.74, 6) is 1.85. The summed E-state index contributed by atoms with van der Waals surface area (Å²) < 4.78 is 0. The summed E-state index contributed by atoms with van der Waals surface area (Å²) in [6, 6.07) is 0.501. The van der Waals surface area contributed by atoms with E-state index in [2.05, 4.69) is 60.2 Å². The van der Waals surface area contributed by atoms with Gasteiger partial charge in [0.15, 0.2) is 5.96 Å². The lowest BCUT2D eigenvalue weighted by molar-refractivity contribution is 0.150. The number of guanidine groups is 1. The van der Waals surface area contributed by atoms with Crippen LogP contribution in [0.5, 0.6) is 0 Å². The maximum Gasteiger partial charge on any atom is 0.194 e. The molecule has 2 heterocycles. The lowest BCUT2D eigenvalue weighted by Crippen LogP contribution is -2.43. The lowest BCUT2D eigenvalue weighted by atomic mass is 9.98. The second kappa shape index (κ2) is 9.37. The molecule has 24 heavy (non-hydrogen) atoms. The number of nitrogens with one attached hydrogen (secondary N) is 1. The van der Waals surface area contributed by atoms with Crippen LogP contribution in [0.4, 0.5) is 0 Å². The zero-order chi connectivity index (χ0) is 17.5. The van der Waals surface area contributed by atoms with Gasteiger partial charge in [-0.25, -0.2) is 4.98 Å². The molecule has 1 aliphatic rings. The molecule has 0 bridgehead atoms. The fraction of sp³-hybridized carbons (Fsp3) is 0.778. The third kappa shape index (κ3) is 5.74. The molecule has 1 fully saturated rings. The van der Waals surface area contributed by atoms with Gasteiger partial charge in [0.2, 0.25) is 0 Å². The second-order valence-corrected chi connectivity index (χ2v) is 8.04. The van der Waals surface area contributed by atoms with E-state index in [-0.39, 0.29) is 0 Å². The van der Waals surface area contributed by atoms with Crippen molar-refractivity contribution in [2.45, 2.75) is 53.1 Å². The van der Waals surface area contributed by atoms with Gasteiger partial charge in [0.25, 0.3) is 0 Å². The highest BCUT2D eigenvalue weighted by Crippen LogP contribution is 2.18. The number of hydrogen-bond donors (Lipinski definition) is 1. The number of nitrogens with zero attached hydrogens (tertiary/aromatic N) is 4. The van der Waals surface area contributed by atoms with Gasteiger partial charge in [0, 0.05) is 25.0 Å². The van der Waals surface area contributed by atoms with Crippen LogP contribution in [0.3, 0.4) is 0 Å². The van der Waals surface area contributed by atoms with Crippen molar-refractivity contribution in [3.05, 3.63) is 16.1 Å². The minimum atomic E-state index is 0.501. The van der Waals surface area contributed by atoms with E-state index in [1.54, 1.807) is 11.3 Å². The normalized spacial score (nSPS) is 18.6. The Kier molecular flexibility index (Phi) is 7.49. The van der Waals surface area contributed by atoms with Crippen molar-refractivity contribution in [1.82, 2.24) is 20.1 Å². The Balaban J connectivity index is 1.91. The topological polar surface area (TPSA) is 43.8 Å². The second-order valence-electron chi connectivity index (χ2n) is 6.98. The molecule has 0 aromatic carbocycles. The Labute approximate surface area is 151 Å². The highest BCUT2D eigenvalue weighted by atomic mass is 32.1. The van der Waals surface area contributed by atoms with Crippen molar-refractivity contribution in [3.63, 3.8) is 0 Å². The van der Waals surface area contributed by atoms with E-state index in [0.717, 1.165) is 42.2 Å². The number of likely N-dealkylation sites (tertiary alicyclic amines) is 1. The maximum absolute atomic E-state index is 4.88. The molecule has 6 heteroatoms. The molecule has 0 aliphatic carbocycles. The van der Waals surface area contributed by atoms with Crippen LogP contribution in [-0.2, 0) is 6.54 Å². The van der Waals surface area contributed by atoms with Gasteiger partial charge in [-0.05, 0) is 52.6 Å². The Hall–Kier alpha value is -1.14. The summed E-state index contributed by atoms with van der Waals surface area (Å²) in [6.07, 6.45) is 2.63. The van der Waals surface area contributed by atoms with Crippen LogP contribution in [0.25, 0.3) is 0 Å². The number of aliphatic imine (C=N–C) groups is 1. The SMILES string of the molecule is CCNC(=NCC(C)N1CCC(C)CC1)N(C)Cc1csc(C)n1. The first-order valence-electron chi connectivity index (χ1n) is 9.14. The molecule has 1 aromatic rings. The van der Waals surface area contributed by atoms with Gasteiger partial charge in [0.05, 0.1) is 23.8 Å². The van der Waals surface area contributed by atoms with E-state index in [9.17, 15) is 0 Å². The van der Waals surface area contributed by atoms with E-state index >= 15 is 0 Å². The first-order chi connectivity index (χ1) is 11.5. The molecule has 2 rings (SSSR count). The minimum absolute atomic E-state index is 0.501. The Morgan fingerprint density at radius 2 is 2.21 bits per heavy atom. The molecule has 1 saturated heterocycles. The maximum atomic E-state index is 4.88. The molecular formula is C18H33N5S. The molecule has 1 atom stereocenters. The van der Waals surface area contributed by atoms with Crippen LogP contribution in [0, 0.1) is 12.8 Å². The summed E-state index contributed by atoms with van der Waals surface area (Å²) in [4.78, 5) is 14.2. The van der Waals surface area contributed by atoms with Gasteiger partial charge < -0.3 is 10.2 Å². The van der Waals surface area contributed by atoms with Gasteiger partial charge in [-0.15, -0.1) is 11.3 Å². The van der Waals surface area contributed by atoms with E-state index in [1.807, 2.05) is 0 Å². The Morgan fingerprint density at radius 1 is 1.50 bits per heavy atom. The van der Waals surface area contributed by atoms with Crippen molar-refractivity contribution in [2.24, 2.45) is 10.9 Å². The summed E-state index contributed by atoms with van der Waals surface area (Å²) in [6.45, 7) is 13.8. The van der Waals surface area contributed by atoms with Gasteiger partial charge in [-0.3, -0.25) is 9.89 Å². The van der Waals surface area contributed by atoms with Gasteiger partial charge >= 0.3 is 0 Å². The van der Waals surface area contributed by atoms with E-state index < -0.39 is 0 Å². The lowest BCUT2D eigenvalue weighted by Gasteiger charge is -2.34. The summed E-state index contributed by atoms with van der Waals surface area (Å²) in [7, 11) is 2.09. The van der Waals surface area contributed by atoms with Crippen LogP contribution < -0.4 is 5.32 Å². The third-order valence-corrected chi connectivity index (χ3v) is 5.53. The first-order valence-corrected chi connectivity index (χ1v) is 10.0. The number of aromatic nitrogens is 1. The molecule has 0 radical (unpaired) electrons. The van der Waals surface area contributed by atoms with Crippen molar-refractivity contribution < 1.29 is 0 Å². The fourth-order valence-corrected chi connectivity index (χ4v) is 3.68. The molecule has 1 N–H and O–H groups in total. The van der Waals surface area contributed by atoms with Crippen LogP contribution in [0.15, 0.2) is 10.4 Å². The van der Waals surface area contributed by atoms with Gasteiger partial charge in [-0.2, -0.15) is 0 Å². The molecule has 0 spiro atoms. The number of piperidine rings is 1. The molecule has 5 nitrogen and oxygen atoms in total. The van der Waals surface area contributed by atoms with Crippen molar-refractivity contribution >= 4 is 17.3 Å². The Morgan fingerprint density at radius 3 is 2.79 bits per heavy atom. The summed E-state index contributed by atoms with van der Waals surface area (Å²) in [5.41, 5.74) is 1.11. The monoisotopic (exact) mass is 351 g/mol. The zero-order valence-electron chi connectivity index (χ0n) is 15.9.